The van der Waals surface area contributed by atoms with E-state index in [-0.39, 0.29) is 12.5 Å². The summed E-state index contributed by atoms with van der Waals surface area (Å²) < 4.78 is 4.80. The van der Waals surface area contributed by atoms with E-state index < -0.39 is 0 Å². The Morgan fingerprint density at radius 2 is 2.30 bits per heavy atom. The van der Waals surface area contributed by atoms with Gasteiger partial charge in [-0.1, -0.05) is 19.0 Å². The molecule has 0 spiro atoms. The number of rotatable bonds is 2. The van der Waals surface area contributed by atoms with Gasteiger partial charge in [-0.2, -0.15) is 4.98 Å². The number of aromatic nitrogens is 2. The van der Waals surface area contributed by atoms with Gasteiger partial charge in [0.25, 0.3) is 0 Å². The molecule has 0 saturated carbocycles. The monoisotopic (exact) mass is 142 g/mol. The molecule has 0 bridgehead atoms. The summed E-state index contributed by atoms with van der Waals surface area (Å²) in [6.45, 7) is 3.75. The van der Waals surface area contributed by atoms with Crippen molar-refractivity contribution in [1.29, 1.82) is 0 Å². The summed E-state index contributed by atoms with van der Waals surface area (Å²) >= 11 is 0. The van der Waals surface area contributed by atoms with Crippen molar-refractivity contribution < 1.29 is 9.63 Å². The topological polar surface area (TPSA) is 59.2 Å². The quantitative estimate of drug-likeness (QED) is 0.659. The van der Waals surface area contributed by atoms with Crippen LogP contribution < -0.4 is 0 Å². The first-order chi connectivity index (χ1) is 4.74. The van der Waals surface area contributed by atoms with Crippen molar-refractivity contribution in [3.05, 3.63) is 11.7 Å². The second-order valence-electron chi connectivity index (χ2n) is 2.36. The summed E-state index contributed by atoms with van der Waals surface area (Å²) in [5, 5.41) is 12.1. The van der Waals surface area contributed by atoms with Gasteiger partial charge >= 0.3 is 0 Å². The Bertz CT molecular complexity index is 207. The highest BCUT2D eigenvalue weighted by Gasteiger charge is 2.07. The first-order valence-electron chi connectivity index (χ1n) is 3.17. The first-order valence-corrected chi connectivity index (χ1v) is 3.17. The SMILES string of the molecule is CC(C)c1nc(CO)no1. The van der Waals surface area contributed by atoms with Crippen LogP contribution in [0.4, 0.5) is 0 Å². The van der Waals surface area contributed by atoms with Crippen molar-refractivity contribution >= 4 is 0 Å². The van der Waals surface area contributed by atoms with Gasteiger partial charge in [-0.05, 0) is 0 Å². The highest BCUT2D eigenvalue weighted by atomic mass is 16.5. The van der Waals surface area contributed by atoms with E-state index in [0.717, 1.165) is 0 Å². The lowest BCUT2D eigenvalue weighted by molar-refractivity contribution is 0.262. The Balaban J connectivity index is 2.78. The molecule has 0 saturated heterocycles. The summed E-state index contributed by atoms with van der Waals surface area (Å²) in [6, 6.07) is 0. The van der Waals surface area contributed by atoms with Gasteiger partial charge in [0.2, 0.25) is 5.89 Å². The first kappa shape index (κ1) is 7.21. The molecule has 1 N–H and O–H groups in total. The standard InChI is InChI=1S/C6H10N2O2/c1-4(2)6-7-5(3-9)8-10-6/h4,9H,3H2,1-2H3. The van der Waals surface area contributed by atoms with Gasteiger partial charge in [0.05, 0.1) is 0 Å². The molecule has 0 unspecified atom stereocenters. The molecule has 0 aliphatic rings. The predicted octanol–water partition coefficient (Wildman–Crippen LogP) is 0.685. The summed E-state index contributed by atoms with van der Waals surface area (Å²) in [4.78, 5) is 3.90. The largest absolute Gasteiger partial charge is 0.388 e. The Morgan fingerprint density at radius 3 is 2.60 bits per heavy atom. The maximum Gasteiger partial charge on any atom is 0.229 e. The van der Waals surface area contributed by atoms with Crippen LogP contribution in [0.15, 0.2) is 4.52 Å². The molecule has 1 aromatic heterocycles. The van der Waals surface area contributed by atoms with Gasteiger partial charge < -0.3 is 9.63 Å². The molecule has 0 atom stereocenters. The van der Waals surface area contributed by atoms with Crippen LogP contribution >= 0.6 is 0 Å². The van der Waals surface area contributed by atoms with Crippen LogP contribution in [-0.4, -0.2) is 15.2 Å². The van der Waals surface area contributed by atoms with Crippen molar-refractivity contribution in [1.82, 2.24) is 10.1 Å². The summed E-state index contributed by atoms with van der Waals surface area (Å²) in [5.41, 5.74) is 0. The van der Waals surface area contributed by atoms with E-state index in [2.05, 4.69) is 10.1 Å². The minimum absolute atomic E-state index is 0.157. The minimum atomic E-state index is -0.157. The Morgan fingerprint density at radius 1 is 1.60 bits per heavy atom. The molecule has 10 heavy (non-hydrogen) atoms. The second kappa shape index (κ2) is 2.79. The van der Waals surface area contributed by atoms with E-state index in [0.29, 0.717) is 11.7 Å². The van der Waals surface area contributed by atoms with E-state index >= 15 is 0 Å². The Kier molecular flexibility index (Phi) is 2.01. The van der Waals surface area contributed by atoms with E-state index in [1.54, 1.807) is 0 Å². The van der Waals surface area contributed by atoms with E-state index in [4.69, 9.17) is 9.63 Å². The van der Waals surface area contributed by atoms with Gasteiger partial charge in [0.1, 0.15) is 6.61 Å². The van der Waals surface area contributed by atoms with Crippen LogP contribution in [0.1, 0.15) is 31.5 Å². The van der Waals surface area contributed by atoms with Crippen molar-refractivity contribution in [2.75, 3.05) is 0 Å². The van der Waals surface area contributed by atoms with Crippen molar-refractivity contribution in [3.63, 3.8) is 0 Å². The number of hydrogen-bond donors (Lipinski definition) is 1. The number of aliphatic hydroxyl groups is 1. The zero-order chi connectivity index (χ0) is 7.56. The van der Waals surface area contributed by atoms with Crippen molar-refractivity contribution in [3.8, 4) is 0 Å². The van der Waals surface area contributed by atoms with Crippen LogP contribution in [0, 0.1) is 0 Å². The third-order valence-electron chi connectivity index (χ3n) is 1.12. The molecule has 4 nitrogen and oxygen atoms in total. The van der Waals surface area contributed by atoms with E-state index in [1.807, 2.05) is 13.8 Å². The molecule has 0 radical (unpaired) electrons. The maximum atomic E-state index is 8.55. The fraction of sp³-hybridized carbons (Fsp3) is 0.667. The van der Waals surface area contributed by atoms with Gasteiger partial charge in [-0.15, -0.1) is 0 Å². The zero-order valence-corrected chi connectivity index (χ0v) is 6.03. The van der Waals surface area contributed by atoms with Crippen LogP contribution in [0.3, 0.4) is 0 Å². The van der Waals surface area contributed by atoms with Crippen molar-refractivity contribution in [2.45, 2.75) is 26.4 Å². The lowest BCUT2D eigenvalue weighted by Crippen LogP contribution is -1.88. The molecule has 0 aliphatic carbocycles. The third kappa shape index (κ3) is 1.33. The molecular formula is C6H10N2O2. The normalized spacial score (nSPS) is 10.8. The van der Waals surface area contributed by atoms with Crippen LogP contribution in [0.2, 0.25) is 0 Å². The lowest BCUT2D eigenvalue weighted by Gasteiger charge is -1.91. The highest BCUT2D eigenvalue weighted by molar-refractivity contribution is 4.88. The van der Waals surface area contributed by atoms with E-state index in [1.165, 1.54) is 0 Å². The average molecular weight is 142 g/mol. The van der Waals surface area contributed by atoms with Gasteiger partial charge in [0.15, 0.2) is 5.82 Å². The number of aliphatic hydroxyl groups excluding tert-OH is 1. The molecule has 0 aromatic carbocycles. The molecular weight excluding hydrogens is 132 g/mol. The van der Waals surface area contributed by atoms with E-state index in [9.17, 15) is 0 Å². The van der Waals surface area contributed by atoms with Crippen molar-refractivity contribution in [2.24, 2.45) is 0 Å². The summed E-state index contributed by atoms with van der Waals surface area (Å²) in [5.74, 6) is 1.15. The fourth-order valence-electron chi connectivity index (χ4n) is 0.566. The van der Waals surface area contributed by atoms with Gasteiger partial charge in [0, 0.05) is 5.92 Å². The van der Waals surface area contributed by atoms with Crippen LogP contribution in [-0.2, 0) is 6.61 Å². The average Bonchev–Trinajstić information content (AvgIpc) is 2.34. The molecule has 56 valence electrons. The number of hydrogen-bond acceptors (Lipinski definition) is 4. The molecule has 1 heterocycles. The predicted molar refractivity (Wildman–Crippen MR) is 34.3 cm³/mol. The summed E-state index contributed by atoms with van der Waals surface area (Å²) in [6.07, 6.45) is 0. The smallest absolute Gasteiger partial charge is 0.229 e. The van der Waals surface area contributed by atoms with Crippen LogP contribution in [0.25, 0.3) is 0 Å². The van der Waals surface area contributed by atoms with Gasteiger partial charge in [-0.3, -0.25) is 0 Å². The molecule has 1 aromatic rings. The minimum Gasteiger partial charge on any atom is -0.388 e. The van der Waals surface area contributed by atoms with Crippen LogP contribution in [0.5, 0.6) is 0 Å². The third-order valence-corrected chi connectivity index (χ3v) is 1.12. The highest BCUT2D eigenvalue weighted by Crippen LogP contribution is 2.10. The maximum absolute atomic E-state index is 8.55. The van der Waals surface area contributed by atoms with Gasteiger partial charge in [-0.25, -0.2) is 0 Å². The molecule has 0 aliphatic heterocycles. The Hall–Kier alpha value is -0.900. The number of nitrogens with zero attached hydrogens (tertiary/aromatic N) is 2. The Labute approximate surface area is 58.9 Å². The molecule has 0 fully saturated rings. The fourth-order valence-corrected chi connectivity index (χ4v) is 0.566. The molecule has 4 heteroatoms. The zero-order valence-electron chi connectivity index (χ0n) is 6.03. The molecule has 1 rings (SSSR count). The second-order valence-corrected chi connectivity index (χ2v) is 2.36. The lowest BCUT2D eigenvalue weighted by atomic mass is 10.2. The molecule has 0 amide bonds. The summed E-state index contributed by atoms with van der Waals surface area (Å²) in [7, 11) is 0.